The molecule has 0 aliphatic carbocycles. The molecule has 2 aromatic rings. The Morgan fingerprint density at radius 1 is 1.09 bits per heavy atom. The molecule has 122 valence electrons. The van der Waals surface area contributed by atoms with Gasteiger partial charge in [-0.2, -0.15) is 0 Å². The summed E-state index contributed by atoms with van der Waals surface area (Å²) in [6.07, 6.45) is 3.31. The second kappa shape index (κ2) is 7.08. The molecule has 2 nitrogen and oxygen atoms in total. The highest BCUT2D eigenvalue weighted by Crippen LogP contribution is 2.38. The number of halogens is 3. The zero-order valence-electron chi connectivity index (χ0n) is 12.9. The van der Waals surface area contributed by atoms with Crippen molar-refractivity contribution in [2.75, 3.05) is 13.6 Å². The molecule has 0 radical (unpaired) electrons. The minimum Gasteiger partial charge on any atom is -0.457 e. The number of rotatable bonds is 3. The first-order valence-corrected chi connectivity index (χ1v) is 8.43. The Morgan fingerprint density at radius 3 is 2.65 bits per heavy atom. The van der Waals surface area contributed by atoms with Crippen molar-refractivity contribution in [3.05, 3.63) is 57.8 Å². The molecule has 1 saturated heterocycles. The average Bonchev–Trinajstić information content (AvgIpc) is 2.53. The Balaban J connectivity index is 1.93. The summed E-state index contributed by atoms with van der Waals surface area (Å²) in [5.41, 5.74) is 0.873. The SMILES string of the molecule is CN1CCCCC1c1cc(F)ccc1Oc1ccc(Cl)c(Cl)c1. The van der Waals surface area contributed by atoms with Crippen LogP contribution in [-0.4, -0.2) is 18.5 Å². The van der Waals surface area contributed by atoms with Crippen molar-refractivity contribution >= 4 is 23.2 Å². The third kappa shape index (κ3) is 3.79. The topological polar surface area (TPSA) is 12.5 Å². The quantitative estimate of drug-likeness (QED) is 0.662. The van der Waals surface area contributed by atoms with Gasteiger partial charge in [-0.15, -0.1) is 0 Å². The molecule has 0 N–H and O–H groups in total. The van der Waals surface area contributed by atoms with Crippen molar-refractivity contribution in [1.82, 2.24) is 4.90 Å². The Morgan fingerprint density at radius 2 is 1.91 bits per heavy atom. The number of benzene rings is 2. The fourth-order valence-electron chi connectivity index (χ4n) is 3.01. The van der Waals surface area contributed by atoms with Crippen LogP contribution in [0.3, 0.4) is 0 Å². The molecule has 0 bridgehead atoms. The van der Waals surface area contributed by atoms with E-state index in [1.807, 2.05) is 0 Å². The summed E-state index contributed by atoms with van der Waals surface area (Å²) in [4.78, 5) is 2.25. The smallest absolute Gasteiger partial charge is 0.132 e. The Bertz CT molecular complexity index is 707. The van der Waals surface area contributed by atoms with Crippen LogP contribution in [0, 0.1) is 5.82 Å². The third-order valence-electron chi connectivity index (χ3n) is 4.22. The van der Waals surface area contributed by atoms with Crippen LogP contribution < -0.4 is 4.74 Å². The minimum absolute atomic E-state index is 0.164. The number of likely N-dealkylation sites (tertiary alicyclic amines) is 1. The zero-order chi connectivity index (χ0) is 16.4. The van der Waals surface area contributed by atoms with Crippen molar-refractivity contribution in [3.8, 4) is 11.5 Å². The molecule has 0 amide bonds. The van der Waals surface area contributed by atoms with Gasteiger partial charge in [-0.3, -0.25) is 4.90 Å². The van der Waals surface area contributed by atoms with E-state index < -0.39 is 0 Å². The summed E-state index contributed by atoms with van der Waals surface area (Å²) >= 11 is 12.0. The molecule has 5 heteroatoms. The molecule has 1 aliphatic rings. The van der Waals surface area contributed by atoms with Gasteiger partial charge in [-0.05, 0) is 56.8 Å². The normalized spacial score (nSPS) is 18.9. The van der Waals surface area contributed by atoms with Gasteiger partial charge in [0.15, 0.2) is 0 Å². The van der Waals surface area contributed by atoms with E-state index in [-0.39, 0.29) is 11.9 Å². The molecule has 1 fully saturated rings. The first kappa shape index (κ1) is 16.6. The summed E-state index contributed by atoms with van der Waals surface area (Å²) in [6.45, 7) is 1.01. The lowest BCUT2D eigenvalue weighted by molar-refractivity contribution is 0.184. The fraction of sp³-hybridized carbons (Fsp3) is 0.333. The molecular formula is C18H18Cl2FNO. The molecule has 3 rings (SSSR count). The number of hydrogen-bond donors (Lipinski definition) is 0. The zero-order valence-corrected chi connectivity index (χ0v) is 14.4. The maximum Gasteiger partial charge on any atom is 0.132 e. The Kier molecular flexibility index (Phi) is 5.10. The van der Waals surface area contributed by atoms with Crippen LogP contribution in [0.1, 0.15) is 30.9 Å². The molecule has 2 aromatic carbocycles. The largest absolute Gasteiger partial charge is 0.457 e. The maximum absolute atomic E-state index is 13.8. The molecule has 1 aliphatic heterocycles. The van der Waals surface area contributed by atoms with Gasteiger partial charge in [0.05, 0.1) is 10.0 Å². The van der Waals surface area contributed by atoms with Gasteiger partial charge >= 0.3 is 0 Å². The highest BCUT2D eigenvalue weighted by Gasteiger charge is 2.24. The van der Waals surface area contributed by atoms with Crippen molar-refractivity contribution < 1.29 is 9.13 Å². The summed E-state index contributed by atoms with van der Waals surface area (Å²) in [7, 11) is 2.07. The first-order valence-electron chi connectivity index (χ1n) is 7.67. The van der Waals surface area contributed by atoms with Crippen molar-refractivity contribution in [2.45, 2.75) is 25.3 Å². The monoisotopic (exact) mass is 353 g/mol. The average molecular weight is 354 g/mol. The highest BCUT2D eigenvalue weighted by atomic mass is 35.5. The van der Waals surface area contributed by atoms with Crippen LogP contribution in [0.4, 0.5) is 4.39 Å². The molecule has 1 atom stereocenters. The number of piperidine rings is 1. The van der Waals surface area contributed by atoms with E-state index in [0.717, 1.165) is 24.9 Å². The lowest BCUT2D eigenvalue weighted by atomic mass is 9.95. The second-order valence-electron chi connectivity index (χ2n) is 5.85. The minimum atomic E-state index is -0.250. The van der Waals surface area contributed by atoms with Gasteiger partial charge in [-0.25, -0.2) is 4.39 Å². The summed E-state index contributed by atoms with van der Waals surface area (Å²) in [6, 6.07) is 9.94. The molecular weight excluding hydrogens is 336 g/mol. The number of hydrogen-bond acceptors (Lipinski definition) is 2. The van der Waals surface area contributed by atoms with E-state index in [2.05, 4.69) is 11.9 Å². The molecule has 0 aromatic heterocycles. The van der Waals surface area contributed by atoms with E-state index >= 15 is 0 Å². The van der Waals surface area contributed by atoms with Crippen LogP contribution in [0.15, 0.2) is 36.4 Å². The Labute approximate surface area is 145 Å². The van der Waals surface area contributed by atoms with Gasteiger partial charge in [0.2, 0.25) is 0 Å². The van der Waals surface area contributed by atoms with Gasteiger partial charge in [0, 0.05) is 17.7 Å². The van der Waals surface area contributed by atoms with Crippen molar-refractivity contribution in [1.29, 1.82) is 0 Å². The van der Waals surface area contributed by atoms with Crippen LogP contribution in [0.25, 0.3) is 0 Å². The standard InChI is InChI=1S/C18H18Cl2FNO/c1-22-9-3-2-4-17(22)14-10-12(21)5-8-18(14)23-13-6-7-15(19)16(20)11-13/h5-8,10-11,17H,2-4,9H2,1H3. The van der Waals surface area contributed by atoms with Gasteiger partial charge in [-0.1, -0.05) is 29.6 Å². The predicted molar refractivity (Wildman–Crippen MR) is 92.2 cm³/mol. The van der Waals surface area contributed by atoms with E-state index in [1.165, 1.54) is 12.5 Å². The van der Waals surface area contributed by atoms with E-state index in [1.54, 1.807) is 30.3 Å². The van der Waals surface area contributed by atoms with Crippen molar-refractivity contribution in [2.24, 2.45) is 0 Å². The van der Waals surface area contributed by atoms with E-state index in [0.29, 0.717) is 21.5 Å². The third-order valence-corrected chi connectivity index (χ3v) is 4.96. The molecule has 0 saturated carbocycles. The van der Waals surface area contributed by atoms with Crippen LogP contribution in [0.5, 0.6) is 11.5 Å². The molecule has 0 spiro atoms. The molecule has 1 unspecified atom stereocenters. The lowest BCUT2D eigenvalue weighted by Gasteiger charge is -2.33. The second-order valence-corrected chi connectivity index (χ2v) is 6.67. The van der Waals surface area contributed by atoms with E-state index in [9.17, 15) is 4.39 Å². The van der Waals surface area contributed by atoms with Crippen LogP contribution in [0.2, 0.25) is 10.0 Å². The molecule has 23 heavy (non-hydrogen) atoms. The first-order chi connectivity index (χ1) is 11.0. The van der Waals surface area contributed by atoms with Gasteiger partial charge in [0.1, 0.15) is 17.3 Å². The van der Waals surface area contributed by atoms with Gasteiger partial charge in [0.25, 0.3) is 0 Å². The summed E-state index contributed by atoms with van der Waals surface area (Å²) < 4.78 is 19.7. The van der Waals surface area contributed by atoms with Crippen molar-refractivity contribution in [3.63, 3.8) is 0 Å². The molecule has 1 heterocycles. The summed E-state index contributed by atoms with van der Waals surface area (Å²) in [5.74, 6) is 0.995. The Hall–Kier alpha value is -1.29. The van der Waals surface area contributed by atoms with Gasteiger partial charge < -0.3 is 4.74 Å². The van der Waals surface area contributed by atoms with Crippen LogP contribution in [-0.2, 0) is 0 Å². The number of ether oxygens (including phenoxy) is 1. The van der Waals surface area contributed by atoms with Crippen LogP contribution >= 0.6 is 23.2 Å². The highest BCUT2D eigenvalue weighted by molar-refractivity contribution is 6.42. The lowest BCUT2D eigenvalue weighted by Crippen LogP contribution is -2.29. The maximum atomic E-state index is 13.8. The number of nitrogens with zero attached hydrogens (tertiary/aromatic N) is 1. The van der Waals surface area contributed by atoms with E-state index in [4.69, 9.17) is 27.9 Å². The predicted octanol–water partition coefficient (Wildman–Crippen LogP) is 6.08. The fourth-order valence-corrected chi connectivity index (χ4v) is 3.30. The summed E-state index contributed by atoms with van der Waals surface area (Å²) in [5, 5.41) is 0.910.